The summed E-state index contributed by atoms with van der Waals surface area (Å²) in [5.74, 6) is 0. The molecule has 1 heterocycles. The summed E-state index contributed by atoms with van der Waals surface area (Å²) >= 11 is 6.55. The van der Waals surface area contributed by atoms with Crippen molar-refractivity contribution in [3.05, 3.63) is 202 Å². The van der Waals surface area contributed by atoms with Gasteiger partial charge in [-0.2, -0.15) is 0 Å². The standard InChI is InChI=1S/C44H26S.C2H6.CH3Cl/c1-5-17-33-27(13-1)28-14-2-6-18-34(28)43(33)36-20-8-10-22-38(36)44(39-23-11-9-21-37(39)43)35-19-7-3-15-29(35)31-26-42-32(25-40(31)44)30-16-4-12-24-41(30)45-42;2*1-2/h1-26H;1-2H3;1H3. The average molecular weight is 667 g/mol. The summed E-state index contributed by atoms with van der Waals surface area (Å²) in [5.41, 5.74) is 15.6. The zero-order valence-corrected chi connectivity index (χ0v) is 29.4. The number of rotatable bonds is 0. The molecule has 3 aliphatic rings. The van der Waals surface area contributed by atoms with E-state index in [0.717, 1.165) is 0 Å². The number of thiophene rings is 1. The fraction of sp³-hybridized carbons (Fsp3) is 0.106. The molecule has 0 saturated carbocycles. The fourth-order valence-electron chi connectivity index (χ4n) is 9.45. The summed E-state index contributed by atoms with van der Waals surface area (Å²) in [6, 6.07) is 60.0. The van der Waals surface area contributed by atoms with Gasteiger partial charge in [0.15, 0.2) is 0 Å². The third-order valence-electron chi connectivity index (χ3n) is 11.0. The largest absolute Gasteiger partial charge is 0.135 e. The monoisotopic (exact) mass is 666 g/mol. The van der Waals surface area contributed by atoms with Crippen LogP contribution in [-0.2, 0) is 10.8 Å². The second-order valence-corrected chi connectivity index (χ2v) is 13.8. The minimum atomic E-state index is -0.436. The van der Waals surface area contributed by atoms with Crippen LogP contribution in [0.5, 0.6) is 0 Å². The summed E-state index contributed by atoms with van der Waals surface area (Å²) in [5, 5.41) is 2.70. The number of benzene rings is 7. The quantitative estimate of drug-likeness (QED) is 0.141. The predicted octanol–water partition coefficient (Wildman–Crippen LogP) is 13.0. The van der Waals surface area contributed by atoms with Crippen molar-refractivity contribution in [1.82, 2.24) is 0 Å². The summed E-state index contributed by atoms with van der Waals surface area (Å²) in [4.78, 5) is 0. The number of alkyl halides is 1. The molecular weight excluding hydrogens is 632 g/mol. The summed E-state index contributed by atoms with van der Waals surface area (Å²) in [6.45, 7) is 4.00. The highest BCUT2D eigenvalue weighted by atomic mass is 35.5. The van der Waals surface area contributed by atoms with Crippen LogP contribution in [0.15, 0.2) is 158 Å². The second kappa shape index (κ2) is 11.3. The third-order valence-corrected chi connectivity index (χ3v) is 12.1. The van der Waals surface area contributed by atoms with Gasteiger partial charge in [-0.3, -0.25) is 0 Å². The van der Waals surface area contributed by atoms with Crippen molar-refractivity contribution in [2.45, 2.75) is 24.7 Å². The molecule has 3 aliphatic carbocycles. The van der Waals surface area contributed by atoms with Crippen LogP contribution in [0, 0.1) is 0 Å². The van der Waals surface area contributed by atoms with Crippen molar-refractivity contribution in [2.24, 2.45) is 0 Å². The Kier molecular flexibility index (Phi) is 6.95. The molecule has 0 fully saturated rings. The summed E-state index contributed by atoms with van der Waals surface area (Å²) < 4.78 is 2.70. The van der Waals surface area contributed by atoms with Crippen LogP contribution in [0.3, 0.4) is 0 Å². The van der Waals surface area contributed by atoms with Crippen molar-refractivity contribution in [1.29, 1.82) is 0 Å². The maximum Gasteiger partial charge on any atom is 0.0720 e. The van der Waals surface area contributed by atoms with Crippen molar-refractivity contribution < 1.29 is 0 Å². The Morgan fingerprint density at radius 1 is 0.347 bits per heavy atom. The van der Waals surface area contributed by atoms with Crippen LogP contribution in [0.2, 0.25) is 0 Å². The molecule has 49 heavy (non-hydrogen) atoms. The Hall–Kier alpha value is -4.95. The van der Waals surface area contributed by atoms with Gasteiger partial charge in [-0.1, -0.05) is 153 Å². The van der Waals surface area contributed by atoms with E-state index in [2.05, 4.69) is 169 Å². The molecule has 0 amide bonds. The van der Waals surface area contributed by atoms with Gasteiger partial charge in [-0.15, -0.1) is 22.9 Å². The smallest absolute Gasteiger partial charge is 0.0720 e. The summed E-state index contributed by atoms with van der Waals surface area (Å²) in [6.07, 6.45) is 1.47. The number of hydrogen-bond acceptors (Lipinski definition) is 1. The van der Waals surface area contributed by atoms with E-state index in [0.29, 0.717) is 0 Å². The van der Waals surface area contributed by atoms with Gasteiger partial charge in [-0.05, 0) is 85.0 Å². The molecule has 0 unspecified atom stereocenters. The molecular formula is C47H35ClS. The van der Waals surface area contributed by atoms with Gasteiger partial charge in [-0.25, -0.2) is 0 Å². The van der Waals surface area contributed by atoms with Crippen molar-refractivity contribution in [2.75, 3.05) is 6.38 Å². The molecule has 11 rings (SSSR count). The molecule has 2 spiro atoms. The number of halogens is 1. The first-order valence-electron chi connectivity index (χ1n) is 17.2. The van der Waals surface area contributed by atoms with Crippen LogP contribution in [-0.4, -0.2) is 6.38 Å². The lowest BCUT2D eigenvalue weighted by Crippen LogP contribution is -2.43. The molecule has 0 N–H and O–H groups in total. The highest BCUT2D eigenvalue weighted by Gasteiger charge is 2.58. The van der Waals surface area contributed by atoms with Gasteiger partial charge in [0.1, 0.15) is 0 Å². The van der Waals surface area contributed by atoms with E-state index in [9.17, 15) is 0 Å². The minimum Gasteiger partial charge on any atom is -0.135 e. The molecule has 236 valence electrons. The first-order chi connectivity index (χ1) is 24.3. The van der Waals surface area contributed by atoms with Crippen molar-refractivity contribution in [3.8, 4) is 22.3 Å². The lowest BCUT2D eigenvalue weighted by atomic mass is 9.52. The highest BCUT2D eigenvalue weighted by Crippen LogP contribution is 2.67. The van der Waals surface area contributed by atoms with Crippen LogP contribution in [0.4, 0.5) is 0 Å². The van der Waals surface area contributed by atoms with E-state index in [1.165, 1.54) is 93.3 Å². The number of fused-ring (bicyclic) bond motifs is 19. The van der Waals surface area contributed by atoms with Crippen molar-refractivity contribution >= 4 is 43.1 Å². The predicted molar refractivity (Wildman–Crippen MR) is 211 cm³/mol. The molecule has 0 aliphatic heterocycles. The lowest BCUT2D eigenvalue weighted by molar-refractivity contribution is 0.633. The number of hydrogen-bond donors (Lipinski definition) is 0. The van der Waals surface area contributed by atoms with Gasteiger partial charge in [0, 0.05) is 26.6 Å². The third kappa shape index (κ3) is 3.65. The van der Waals surface area contributed by atoms with Crippen LogP contribution in [0.1, 0.15) is 58.4 Å². The zero-order chi connectivity index (χ0) is 33.3. The zero-order valence-electron chi connectivity index (χ0n) is 27.8. The molecule has 0 radical (unpaired) electrons. The Morgan fingerprint density at radius 3 is 1.20 bits per heavy atom. The molecule has 1 aromatic heterocycles. The Balaban J connectivity index is 0.000000786. The molecule has 0 nitrogen and oxygen atoms in total. The van der Waals surface area contributed by atoms with Crippen LogP contribution >= 0.6 is 22.9 Å². The second-order valence-electron chi connectivity index (χ2n) is 12.7. The van der Waals surface area contributed by atoms with Gasteiger partial charge < -0.3 is 0 Å². The van der Waals surface area contributed by atoms with Crippen LogP contribution in [0.25, 0.3) is 42.4 Å². The topological polar surface area (TPSA) is 0 Å². The van der Waals surface area contributed by atoms with Gasteiger partial charge in [0.25, 0.3) is 0 Å². The summed E-state index contributed by atoms with van der Waals surface area (Å²) in [7, 11) is 0. The van der Waals surface area contributed by atoms with E-state index >= 15 is 0 Å². The van der Waals surface area contributed by atoms with E-state index in [4.69, 9.17) is 0 Å². The highest BCUT2D eigenvalue weighted by molar-refractivity contribution is 7.25. The van der Waals surface area contributed by atoms with Gasteiger partial charge >= 0.3 is 0 Å². The Morgan fingerprint density at radius 2 is 0.714 bits per heavy atom. The average Bonchev–Trinajstić information content (AvgIpc) is 3.80. The van der Waals surface area contributed by atoms with E-state index in [1.54, 1.807) is 0 Å². The molecule has 8 aromatic rings. The van der Waals surface area contributed by atoms with E-state index < -0.39 is 10.8 Å². The minimum absolute atomic E-state index is 0.400. The molecule has 2 heteroatoms. The van der Waals surface area contributed by atoms with Gasteiger partial charge in [0.05, 0.1) is 10.8 Å². The van der Waals surface area contributed by atoms with Crippen LogP contribution < -0.4 is 0 Å². The normalized spacial score (nSPS) is 14.4. The maximum atomic E-state index is 4.64. The lowest BCUT2D eigenvalue weighted by Gasteiger charge is -2.48. The van der Waals surface area contributed by atoms with Gasteiger partial charge in [0.2, 0.25) is 0 Å². The molecule has 0 bridgehead atoms. The van der Waals surface area contributed by atoms with Crippen molar-refractivity contribution in [3.63, 3.8) is 0 Å². The first-order valence-corrected chi connectivity index (χ1v) is 18.7. The Labute approximate surface area is 297 Å². The molecule has 0 saturated heterocycles. The fourth-order valence-corrected chi connectivity index (χ4v) is 10.6. The molecule has 0 atom stereocenters. The first kappa shape index (κ1) is 30.1. The van der Waals surface area contributed by atoms with E-state index in [1.807, 2.05) is 25.2 Å². The Bertz CT molecular complexity index is 2470. The van der Waals surface area contributed by atoms with E-state index in [-0.39, 0.29) is 0 Å². The molecule has 7 aromatic carbocycles. The SMILES string of the molecule is CC.CCl.c1ccc2c(c1)-c1ccccc1C21c2ccccc2C2(c3ccccc3-c3cc4sc5ccccc5c4cc32)c2ccccc21. The maximum absolute atomic E-state index is 4.64.